The van der Waals surface area contributed by atoms with Gasteiger partial charge in [0.1, 0.15) is 5.82 Å². The highest BCUT2D eigenvalue weighted by atomic mass is 19.1. The zero-order chi connectivity index (χ0) is 10.4. The topological polar surface area (TPSA) is 42.0 Å². The van der Waals surface area contributed by atoms with Crippen LogP contribution in [0.15, 0.2) is 31.1 Å². The monoisotopic (exact) mass is 194 g/mol. The van der Waals surface area contributed by atoms with Crippen molar-refractivity contribution in [1.29, 1.82) is 0 Å². The molecule has 1 aromatic rings. The molecule has 0 radical (unpaired) electrons. The Balaban J connectivity index is 2.56. The van der Waals surface area contributed by atoms with Crippen LogP contribution in [0.4, 0.5) is 4.39 Å². The Bertz CT molecular complexity index is 339. The van der Waals surface area contributed by atoms with Gasteiger partial charge in [-0.3, -0.25) is 9.78 Å². The maximum atomic E-state index is 12.7. The summed E-state index contributed by atoms with van der Waals surface area (Å²) in [7, 11) is 0. The summed E-state index contributed by atoms with van der Waals surface area (Å²) in [5, 5.41) is 2.83. The van der Waals surface area contributed by atoms with Crippen molar-refractivity contribution in [3.63, 3.8) is 0 Å². The lowest BCUT2D eigenvalue weighted by Gasteiger charge is -2.00. The van der Waals surface area contributed by atoms with Gasteiger partial charge in [0, 0.05) is 18.3 Å². The number of hydrogen-bond donors (Lipinski definition) is 1. The Morgan fingerprint density at radius 1 is 1.64 bits per heavy atom. The van der Waals surface area contributed by atoms with Gasteiger partial charge in [-0.2, -0.15) is 0 Å². The lowest BCUT2D eigenvalue weighted by atomic mass is 10.2. The summed E-state index contributed by atoms with van der Waals surface area (Å²) in [5.74, 6) is -0.682. The van der Waals surface area contributed by atoms with Crippen molar-refractivity contribution in [3.8, 4) is 0 Å². The normalized spacial score (nSPS) is 9.79. The van der Waals surface area contributed by atoms with Gasteiger partial charge in [-0.15, -0.1) is 6.58 Å². The zero-order valence-electron chi connectivity index (χ0n) is 7.66. The SMILES string of the molecule is C=CCNCC(=O)c1cncc(F)c1. The number of aromatic nitrogens is 1. The lowest BCUT2D eigenvalue weighted by molar-refractivity contribution is 0.0991. The van der Waals surface area contributed by atoms with Gasteiger partial charge in [0.15, 0.2) is 5.78 Å². The molecule has 0 atom stereocenters. The molecule has 0 aliphatic carbocycles. The second-order valence-corrected chi connectivity index (χ2v) is 2.73. The van der Waals surface area contributed by atoms with E-state index in [-0.39, 0.29) is 17.9 Å². The Morgan fingerprint density at radius 2 is 2.43 bits per heavy atom. The van der Waals surface area contributed by atoms with Crippen LogP contribution >= 0.6 is 0 Å². The molecule has 0 bridgehead atoms. The highest BCUT2D eigenvalue weighted by molar-refractivity contribution is 5.97. The van der Waals surface area contributed by atoms with Gasteiger partial charge in [-0.05, 0) is 6.07 Å². The first-order chi connectivity index (χ1) is 6.74. The van der Waals surface area contributed by atoms with Crippen LogP contribution in [0.2, 0.25) is 0 Å². The van der Waals surface area contributed by atoms with E-state index in [4.69, 9.17) is 0 Å². The Kier molecular flexibility index (Phi) is 3.94. The van der Waals surface area contributed by atoms with E-state index in [2.05, 4.69) is 16.9 Å². The van der Waals surface area contributed by atoms with E-state index in [9.17, 15) is 9.18 Å². The third kappa shape index (κ3) is 3.06. The fraction of sp³-hybridized carbons (Fsp3) is 0.200. The number of halogens is 1. The van der Waals surface area contributed by atoms with Gasteiger partial charge in [0.05, 0.1) is 12.7 Å². The average molecular weight is 194 g/mol. The minimum Gasteiger partial charge on any atom is -0.306 e. The second-order valence-electron chi connectivity index (χ2n) is 2.73. The molecule has 4 heteroatoms. The summed E-state index contributed by atoms with van der Waals surface area (Å²) >= 11 is 0. The fourth-order valence-corrected chi connectivity index (χ4v) is 0.954. The van der Waals surface area contributed by atoms with E-state index in [0.717, 1.165) is 6.20 Å². The number of carbonyl (C=O) groups excluding carboxylic acids is 1. The minimum atomic E-state index is -0.500. The standard InChI is InChI=1S/C10H11FN2O/c1-2-3-12-7-10(14)8-4-9(11)6-13-5-8/h2,4-6,12H,1,3,7H2. The van der Waals surface area contributed by atoms with Crippen LogP contribution in [0.1, 0.15) is 10.4 Å². The quantitative estimate of drug-likeness (QED) is 0.435. The summed E-state index contributed by atoms with van der Waals surface area (Å²) in [6.07, 6.45) is 4.06. The number of carbonyl (C=O) groups is 1. The molecule has 74 valence electrons. The van der Waals surface area contributed by atoms with Crippen LogP contribution in [-0.4, -0.2) is 23.9 Å². The first kappa shape index (κ1) is 10.5. The van der Waals surface area contributed by atoms with Gasteiger partial charge in [0.25, 0.3) is 0 Å². The van der Waals surface area contributed by atoms with Gasteiger partial charge in [0.2, 0.25) is 0 Å². The predicted octanol–water partition coefficient (Wildman–Crippen LogP) is 1.18. The number of nitrogens with zero attached hydrogens (tertiary/aromatic N) is 1. The number of Topliss-reactive ketones (excluding diaryl/α,β-unsaturated/α-hetero) is 1. The molecule has 1 heterocycles. The van der Waals surface area contributed by atoms with Gasteiger partial charge in [-0.1, -0.05) is 6.08 Å². The van der Waals surface area contributed by atoms with Gasteiger partial charge >= 0.3 is 0 Å². The molecule has 0 saturated heterocycles. The highest BCUT2D eigenvalue weighted by Gasteiger charge is 2.05. The smallest absolute Gasteiger partial charge is 0.178 e. The third-order valence-corrected chi connectivity index (χ3v) is 1.60. The molecule has 1 aromatic heterocycles. The summed E-state index contributed by atoms with van der Waals surface area (Å²) in [6.45, 7) is 4.21. The molecule has 14 heavy (non-hydrogen) atoms. The van der Waals surface area contributed by atoms with Crippen molar-refractivity contribution in [3.05, 3.63) is 42.5 Å². The molecule has 0 amide bonds. The maximum absolute atomic E-state index is 12.7. The molecular weight excluding hydrogens is 183 g/mol. The summed E-state index contributed by atoms with van der Waals surface area (Å²) in [6, 6.07) is 1.17. The highest BCUT2D eigenvalue weighted by Crippen LogP contribution is 2.00. The molecule has 1 rings (SSSR count). The Labute approximate surface area is 81.7 Å². The second kappa shape index (κ2) is 5.24. The zero-order valence-corrected chi connectivity index (χ0v) is 7.66. The average Bonchev–Trinajstić information content (AvgIpc) is 2.18. The van der Waals surface area contributed by atoms with Crippen LogP contribution in [0.25, 0.3) is 0 Å². The van der Waals surface area contributed by atoms with Crippen molar-refractivity contribution < 1.29 is 9.18 Å². The number of pyridine rings is 1. The van der Waals surface area contributed by atoms with Crippen molar-refractivity contribution in [2.45, 2.75) is 0 Å². The van der Waals surface area contributed by atoms with Gasteiger partial charge < -0.3 is 5.32 Å². The lowest BCUT2D eigenvalue weighted by Crippen LogP contribution is -2.23. The first-order valence-corrected chi connectivity index (χ1v) is 4.19. The number of rotatable bonds is 5. The van der Waals surface area contributed by atoms with E-state index in [1.165, 1.54) is 12.3 Å². The molecular formula is C10H11FN2O. The first-order valence-electron chi connectivity index (χ1n) is 4.19. The van der Waals surface area contributed by atoms with E-state index in [0.29, 0.717) is 6.54 Å². The van der Waals surface area contributed by atoms with Crippen molar-refractivity contribution in [2.24, 2.45) is 0 Å². The van der Waals surface area contributed by atoms with Crippen molar-refractivity contribution in [1.82, 2.24) is 10.3 Å². The molecule has 0 spiro atoms. The van der Waals surface area contributed by atoms with E-state index in [1.807, 2.05) is 0 Å². The Morgan fingerprint density at radius 3 is 3.07 bits per heavy atom. The maximum Gasteiger partial charge on any atom is 0.178 e. The number of hydrogen-bond acceptors (Lipinski definition) is 3. The molecule has 0 saturated carbocycles. The van der Waals surface area contributed by atoms with Crippen molar-refractivity contribution in [2.75, 3.05) is 13.1 Å². The predicted molar refractivity (Wildman–Crippen MR) is 51.6 cm³/mol. The van der Waals surface area contributed by atoms with E-state index in [1.54, 1.807) is 6.08 Å². The summed E-state index contributed by atoms with van der Waals surface area (Å²) in [5.41, 5.74) is 0.279. The summed E-state index contributed by atoms with van der Waals surface area (Å²) in [4.78, 5) is 15.0. The molecule has 0 fully saturated rings. The minimum absolute atomic E-state index is 0.164. The number of ketones is 1. The number of nitrogens with one attached hydrogen (secondary N) is 1. The molecule has 0 aromatic carbocycles. The third-order valence-electron chi connectivity index (χ3n) is 1.60. The molecule has 0 unspecified atom stereocenters. The largest absolute Gasteiger partial charge is 0.306 e. The summed E-state index contributed by atoms with van der Waals surface area (Å²) < 4.78 is 12.7. The Hall–Kier alpha value is -1.55. The fourth-order valence-electron chi connectivity index (χ4n) is 0.954. The van der Waals surface area contributed by atoms with E-state index >= 15 is 0 Å². The van der Waals surface area contributed by atoms with Crippen LogP contribution in [0.3, 0.4) is 0 Å². The van der Waals surface area contributed by atoms with Crippen LogP contribution < -0.4 is 5.32 Å². The molecule has 0 aliphatic rings. The van der Waals surface area contributed by atoms with E-state index < -0.39 is 5.82 Å². The molecule has 3 nitrogen and oxygen atoms in total. The van der Waals surface area contributed by atoms with Crippen LogP contribution in [-0.2, 0) is 0 Å². The van der Waals surface area contributed by atoms with Gasteiger partial charge in [-0.25, -0.2) is 4.39 Å². The molecule has 1 N–H and O–H groups in total. The van der Waals surface area contributed by atoms with Crippen LogP contribution in [0.5, 0.6) is 0 Å². The van der Waals surface area contributed by atoms with Crippen molar-refractivity contribution >= 4 is 5.78 Å². The van der Waals surface area contributed by atoms with Crippen LogP contribution in [0, 0.1) is 5.82 Å². The molecule has 0 aliphatic heterocycles.